The molecule has 1 aliphatic carbocycles. The first-order chi connectivity index (χ1) is 7.29. The third-order valence-electron chi connectivity index (χ3n) is 3.93. The highest BCUT2D eigenvalue weighted by molar-refractivity contribution is 6.22. The molecule has 3 unspecified atom stereocenters. The van der Waals surface area contributed by atoms with Crippen molar-refractivity contribution in [2.24, 2.45) is 11.8 Å². The SMILES string of the molecule is N#CC(Cl)CN1CCC2CCCCC2C1. The maximum atomic E-state index is 8.69. The van der Waals surface area contributed by atoms with Crippen molar-refractivity contribution in [1.29, 1.82) is 5.26 Å². The summed E-state index contributed by atoms with van der Waals surface area (Å²) >= 11 is 5.87. The lowest BCUT2D eigenvalue weighted by Crippen LogP contribution is -2.43. The van der Waals surface area contributed by atoms with Crippen molar-refractivity contribution in [3.8, 4) is 6.07 Å². The highest BCUT2D eigenvalue weighted by Gasteiger charge is 2.31. The quantitative estimate of drug-likeness (QED) is 0.677. The molecule has 1 heterocycles. The maximum absolute atomic E-state index is 8.69. The van der Waals surface area contributed by atoms with E-state index in [9.17, 15) is 0 Å². The van der Waals surface area contributed by atoms with Crippen LogP contribution >= 0.6 is 11.6 Å². The molecule has 3 atom stereocenters. The molecular formula is C12H19ClN2. The van der Waals surface area contributed by atoms with Crippen molar-refractivity contribution in [3.63, 3.8) is 0 Å². The molecule has 1 saturated heterocycles. The molecule has 15 heavy (non-hydrogen) atoms. The molecule has 84 valence electrons. The van der Waals surface area contributed by atoms with Crippen molar-refractivity contribution >= 4 is 11.6 Å². The third-order valence-corrected chi connectivity index (χ3v) is 4.17. The van der Waals surface area contributed by atoms with E-state index >= 15 is 0 Å². The molecule has 0 radical (unpaired) electrons. The summed E-state index contributed by atoms with van der Waals surface area (Å²) in [6, 6.07) is 2.11. The highest BCUT2D eigenvalue weighted by atomic mass is 35.5. The lowest BCUT2D eigenvalue weighted by molar-refractivity contribution is 0.0890. The number of rotatable bonds is 2. The molecule has 0 amide bonds. The monoisotopic (exact) mass is 226 g/mol. The first-order valence-electron chi connectivity index (χ1n) is 6.05. The zero-order chi connectivity index (χ0) is 10.7. The van der Waals surface area contributed by atoms with Crippen LogP contribution in [0.5, 0.6) is 0 Å². The number of alkyl halides is 1. The predicted octanol–water partition coefficient (Wildman–Crippen LogP) is 2.63. The Bertz CT molecular complexity index is 248. The second kappa shape index (κ2) is 5.18. The smallest absolute Gasteiger partial charge is 0.133 e. The summed E-state index contributed by atoms with van der Waals surface area (Å²) in [6.45, 7) is 3.07. The first kappa shape index (κ1) is 11.2. The normalized spacial score (nSPS) is 34.1. The van der Waals surface area contributed by atoms with E-state index in [4.69, 9.17) is 16.9 Å². The highest BCUT2D eigenvalue weighted by Crippen LogP contribution is 2.36. The van der Waals surface area contributed by atoms with Crippen molar-refractivity contribution in [2.75, 3.05) is 19.6 Å². The summed E-state index contributed by atoms with van der Waals surface area (Å²) in [5, 5.41) is 8.36. The van der Waals surface area contributed by atoms with E-state index in [1.54, 1.807) is 0 Å². The Morgan fingerprint density at radius 3 is 2.73 bits per heavy atom. The van der Waals surface area contributed by atoms with Gasteiger partial charge in [-0.05, 0) is 31.2 Å². The average Bonchev–Trinajstić information content (AvgIpc) is 2.29. The molecule has 2 nitrogen and oxygen atoms in total. The minimum Gasteiger partial charge on any atom is -0.301 e. The molecule has 3 heteroatoms. The van der Waals surface area contributed by atoms with Gasteiger partial charge in [-0.25, -0.2) is 0 Å². The maximum Gasteiger partial charge on any atom is 0.133 e. The van der Waals surface area contributed by atoms with E-state index in [2.05, 4.69) is 11.0 Å². The lowest BCUT2D eigenvalue weighted by Gasteiger charge is -2.41. The fourth-order valence-corrected chi connectivity index (χ4v) is 3.30. The molecule has 1 aliphatic heterocycles. The van der Waals surface area contributed by atoms with E-state index in [0.717, 1.165) is 24.9 Å². The zero-order valence-corrected chi connectivity index (χ0v) is 9.92. The van der Waals surface area contributed by atoms with Crippen LogP contribution in [0.15, 0.2) is 0 Å². The lowest BCUT2D eigenvalue weighted by atomic mass is 9.75. The van der Waals surface area contributed by atoms with E-state index in [-0.39, 0.29) is 5.38 Å². The van der Waals surface area contributed by atoms with Gasteiger partial charge in [0.15, 0.2) is 0 Å². The average molecular weight is 227 g/mol. The van der Waals surface area contributed by atoms with Crippen LogP contribution in [0, 0.1) is 23.2 Å². The van der Waals surface area contributed by atoms with Gasteiger partial charge in [0, 0.05) is 13.1 Å². The molecule has 0 aromatic heterocycles. The fourth-order valence-electron chi connectivity index (χ4n) is 3.11. The Kier molecular flexibility index (Phi) is 3.88. The standard InChI is InChI=1S/C12H19ClN2/c13-12(7-14)9-15-6-5-10-3-1-2-4-11(10)8-15/h10-12H,1-6,8-9H2. The van der Waals surface area contributed by atoms with Crippen molar-refractivity contribution in [1.82, 2.24) is 4.90 Å². The van der Waals surface area contributed by atoms with Crippen LogP contribution in [0.25, 0.3) is 0 Å². The van der Waals surface area contributed by atoms with Gasteiger partial charge in [0.2, 0.25) is 0 Å². The topological polar surface area (TPSA) is 27.0 Å². The second-order valence-corrected chi connectivity index (χ2v) is 5.48. The Balaban J connectivity index is 1.83. The van der Waals surface area contributed by atoms with Crippen LogP contribution in [-0.2, 0) is 0 Å². The number of nitriles is 1. The third kappa shape index (κ3) is 2.86. The Morgan fingerprint density at radius 2 is 2.00 bits per heavy atom. The Morgan fingerprint density at radius 1 is 1.27 bits per heavy atom. The molecule has 2 rings (SSSR count). The van der Waals surface area contributed by atoms with E-state index in [1.165, 1.54) is 38.6 Å². The van der Waals surface area contributed by atoms with Crippen LogP contribution in [0.3, 0.4) is 0 Å². The number of fused-ring (bicyclic) bond motifs is 1. The summed E-state index contributed by atoms with van der Waals surface area (Å²) in [5.74, 6) is 1.85. The number of nitrogens with zero attached hydrogens (tertiary/aromatic N) is 2. The zero-order valence-electron chi connectivity index (χ0n) is 9.16. The summed E-state index contributed by atoms with van der Waals surface area (Å²) in [6.07, 6.45) is 6.97. The number of piperidine rings is 1. The van der Waals surface area contributed by atoms with Gasteiger partial charge in [-0.2, -0.15) is 5.26 Å². The van der Waals surface area contributed by atoms with Crippen LogP contribution in [0.2, 0.25) is 0 Å². The van der Waals surface area contributed by atoms with Gasteiger partial charge in [0.1, 0.15) is 5.38 Å². The molecule has 1 saturated carbocycles. The largest absolute Gasteiger partial charge is 0.301 e. The minimum atomic E-state index is -0.329. The van der Waals surface area contributed by atoms with E-state index < -0.39 is 0 Å². The molecule has 2 fully saturated rings. The molecule has 0 N–H and O–H groups in total. The summed E-state index contributed by atoms with van der Waals surface area (Å²) < 4.78 is 0. The van der Waals surface area contributed by atoms with Gasteiger partial charge < -0.3 is 4.90 Å². The summed E-state index contributed by atoms with van der Waals surface area (Å²) in [4.78, 5) is 2.38. The fraction of sp³-hybridized carbons (Fsp3) is 0.917. The molecule has 0 bridgehead atoms. The first-order valence-corrected chi connectivity index (χ1v) is 6.49. The summed E-state index contributed by atoms with van der Waals surface area (Å²) in [7, 11) is 0. The number of hydrogen-bond donors (Lipinski definition) is 0. The number of likely N-dealkylation sites (tertiary alicyclic amines) is 1. The number of hydrogen-bond acceptors (Lipinski definition) is 2. The van der Waals surface area contributed by atoms with Gasteiger partial charge in [0.25, 0.3) is 0 Å². The number of halogens is 1. The van der Waals surface area contributed by atoms with E-state index in [0.29, 0.717) is 0 Å². The van der Waals surface area contributed by atoms with Crippen molar-refractivity contribution in [3.05, 3.63) is 0 Å². The minimum absolute atomic E-state index is 0.329. The molecule has 0 spiro atoms. The van der Waals surface area contributed by atoms with Crippen LogP contribution in [0.1, 0.15) is 32.1 Å². The van der Waals surface area contributed by atoms with Crippen LogP contribution in [-0.4, -0.2) is 29.9 Å². The summed E-state index contributed by atoms with van der Waals surface area (Å²) in [5.41, 5.74) is 0. The Hall–Kier alpha value is -0.260. The van der Waals surface area contributed by atoms with Crippen molar-refractivity contribution in [2.45, 2.75) is 37.5 Å². The van der Waals surface area contributed by atoms with Gasteiger partial charge in [0.05, 0.1) is 6.07 Å². The van der Waals surface area contributed by atoms with Crippen LogP contribution in [0.4, 0.5) is 0 Å². The van der Waals surface area contributed by atoms with Gasteiger partial charge in [-0.1, -0.05) is 19.3 Å². The van der Waals surface area contributed by atoms with Gasteiger partial charge in [-0.3, -0.25) is 0 Å². The molecular weight excluding hydrogens is 208 g/mol. The molecule has 0 aromatic rings. The van der Waals surface area contributed by atoms with Crippen molar-refractivity contribution < 1.29 is 0 Å². The molecule has 2 aliphatic rings. The molecule has 0 aromatic carbocycles. The van der Waals surface area contributed by atoms with Gasteiger partial charge in [-0.15, -0.1) is 11.6 Å². The van der Waals surface area contributed by atoms with E-state index in [1.807, 2.05) is 0 Å². The predicted molar refractivity (Wildman–Crippen MR) is 61.8 cm³/mol. The van der Waals surface area contributed by atoms with Gasteiger partial charge >= 0.3 is 0 Å². The second-order valence-electron chi connectivity index (χ2n) is 4.95. The Labute approximate surface area is 97.2 Å². The van der Waals surface area contributed by atoms with Crippen LogP contribution < -0.4 is 0 Å².